The average molecular weight is 287 g/mol. The summed E-state index contributed by atoms with van der Waals surface area (Å²) in [6.45, 7) is 3.70. The van der Waals surface area contributed by atoms with Crippen LogP contribution in [0.25, 0.3) is 0 Å². The van der Waals surface area contributed by atoms with Gasteiger partial charge in [0.25, 0.3) is 0 Å². The van der Waals surface area contributed by atoms with Crippen molar-refractivity contribution in [1.29, 1.82) is 0 Å². The lowest BCUT2D eigenvalue weighted by molar-refractivity contribution is 0.273. The molecular formula is C15H21N5O. The van der Waals surface area contributed by atoms with Gasteiger partial charge in [0.2, 0.25) is 0 Å². The number of aliphatic hydroxyl groups excluding tert-OH is 1. The van der Waals surface area contributed by atoms with Crippen LogP contribution in [0.3, 0.4) is 0 Å². The molecule has 0 fully saturated rings. The van der Waals surface area contributed by atoms with Gasteiger partial charge >= 0.3 is 0 Å². The molecule has 2 aromatic rings. The zero-order valence-electron chi connectivity index (χ0n) is 12.3. The molecule has 0 radical (unpaired) electrons. The van der Waals surface area contributed by atoms with E-state index in [2.05, 4.69) is 20.7 Å². The Bertz CT molecular complexity index is 588. The first-order valence-electron chi connectivity index (χ1n) is 6.87. The summed E-state index contributed by atoms with van der Waals surface area (Å²) >= 11 is 0. The van der Waals surface area contributed by atoms with Gasteiger partial charge in [0.05, 0.1) is 12.6 Å². The molecule has 6 heteroatoms. The third-order valence-electron chi connectivity index (χ3n) is 3.28. The molecule has 0 aliphatic heterocycles. The maximum absolute atomic E-state index is 9.59. The van der Waals surface area contributed by atoms with Gasteiger partial charge in [-0.3, -0.25) is 0 Å². The Labute approximate surface area is 124 Å². The number of nitrogens with one attached hydrogen (secondary N) is 2. The summed E-state index contributed by atoms with van der Waals surface area (Å²) in [6.07, 6.45) is 0.714. The van der Waals surface area contributed by atoms with Gasteiger partial charge in [-0.15, -0.1) is 0 Å². The van der Waals surface area contributed by atoms with Crippen molar-refractivity contribution in [2.24, 2.45) is 5.84 Å². The molecule has 0 saturated heterocycles. The van der Waals surface area contributed by atoms with Crippen LogP contribution >= 0.6 is 0 Å². The molecule has 0 spiro atoms. The number of hydrazine groups is 1. The number of aliphatic hydroxyl groups is 1. The highest BCUT2D eigenvalue weighted by molar-refractivity contribution is 5.57. The number of nitrogens with two attached hydrogens (primary N) is 1. The van der Waals surface area contributed by atoms with Gasteiger partial charge in [-0.25, -0.2) is 15.8 Å². The van der Waals surface area contributed by atoms with Crippen LogP contribution < -0.4 is 16.6 Å². The molecule has 0 aliphatic carbocycles. The van der Waals surface area contributed by atoms with E-state index in [9.17, 15) is 5.11 Å². The van der Waals surface area contributed by atoms with E-state index in [1.54, 1.807) is 6.92 Å². The van der Waals surface area contributed by atoms with Gasteiger partial charge in [-0.05, 0) is 25.8 Å². The first-order valence-corrected chi connectivity index (χ1v) is 6.87. The molecule has 0 aliphatic rings. The number of aryl methyl sites for hydroxylation is 1. The Kier molecular flexibility index (Phi) is 5.08. The Hall–Kier alpha value is -2.18. The highest BCUT2D eigenvalue weighted by Crippen LogP contribution is 2.20. The van der Waals surface area contributed by atoms with E-state index < -0.39 is 0 Å². The standard InChI is InChI=1S/C15H21N5O/c1-10-14(17-11(2)18-15(10)20-16)19-13(9-21)8-12-6-4-3-5-7-12/h3-7,13,21H,8-9,16H2,1-2H3,(H2,17,18,19,20). The molecule has 0 amide bonds. The van der Waals surface area contributed by atoms with Crippen molar-refractivity contribution in [1.82, 2.24) is 9.97 Å². The van der Waals surface area contributed by atoms with E-state index in [-0.39, 0.29) is 12.6 Å². The van der Waals surface area contributed by atoms with Crippen molar-refractivity contribution < 1.29 is 5.11 Å². The molecule has 1 atom stereocenters. The highest BCUT2D eigenvalue weighted by atomic mass is 16.3. The number of hydrogen-bond acceptors (Lipinski definition) is 6. The minimum atomic E-state index is -0.119. The highest BCUT2D eigenvalue weighted by Gasteiger charge is 2.13. The average Bonchev–Trinajstić information content (AvgIpc) is 2.50. The molecule has 1 aromatic heterocycles. The largest absolute Gasteiger partial charge is 0.394 e. The summed E-state index contributed by atoms with van der Waals surface area (Å²) in [4.78, 5) is 8.60. The fourth-order valence-electron chi connectivity index (χ4n) is 2.16. The fraction of sp³-hybridized carbons (Fsp3) is 0.333. The number of rotatable bonds is 6. The van der Waals surface area contributed by atoms with Crippen molar-refractivity contribution in [2.75, 3.05) is 17.3 Å². The van der Waals surface area contributed by atoms with Crippen LogP contribution in [0.2, 0.25) is 0 Å². The number of benzene rings is 1. The number of nitrogen functional groups attached to an aromatic ring is 1. The zero-order chi connectivity index (χ0) is 15.2. The van der Waals surface area contributed by atoms with Crippen molar-refractivity contribution in [3.63, 3.8) is 0 Å². The minimum absolute atomic E-state index is 0.0166. The van der Waals surface area contributed by atoms with E-state index in [0.717, 1.165) is 11.1 Å². The molecule has 21 heavy (non-hydrogen) atoms. The summed E-state index contributed by atoms with van der Waals surface area (Å²) in [6, 6.07) is 9.90. The van der Waals surface area contributed by atoms with Gasteiger partial charge < -0.3 is 15.8 Å². The van der Waals surface area contributed by atoms with Crippen molar-refractivity contribution in [3.05, 3.63) is 47.3 Å². The molecule has 5 N–H and O–H groups in total. The van der Waals surface area contributed by atoms with Crippen LogP contribution in [0.4, 0.5) is 11.6 Å². The maximum Gasteiger partial charge on any atom is 0.148 e. The molecule has 112 valence electrons. The van der Waals surface area contributed by atoms with Crippen molar-refractivity contribution >= 4 is 11.6 Å². The Morgan fingerprint density at radius 1 is 1.14 bits per heavy atom. The topological polar surface area (TPSA) is 96.1 Å². The van der Waals surface area contributed by atoms with E-state index in [4.69, 9.17) is 5.84 Å². The minimum Gasteiger partial charge on any atom is -0.394 e. The van der Waals surface area contributed by atoms with Crippen molar-refractivity contribution in [3.8, 4) is 0 Å². The number of aromatic nitrogens is 2. The smallest absolute Gasteiger partial charge is 0.148 e. The van der Waals surface area contributed by atoms with Crippen LogP contribution in [0.1, 0.15) is 17.0 Å². The van der Waals surface area contributed by atoms with Gasteiger partial charge in [-0.2, -0.15) is 0 Å². The number of hydrogen-bond donors (Lipinski definition) is 4. The second-order valence-electron chi connectivity index (χ2n) is 4.95. The third kappa shape index (κ3) is 3.90. The number of anilines is 2. The fourth-order valence-corrected chi connectivity index (χ4v) is 2.16. The van der Waals surface area contributed by atoms with E-state index >= 15 is 0 Å². The first-order chi connectivity index (χ1) is 10.1. The summed E-state index contributed by atoms with van der Waals surface area (Å²) < 4.78 is 0. The third-order valence-corrected chi connectivity index (χ3v) is 3.28. The predicted molar refractivity (Wildman–Crippen MR) is 84.0 cm³/mol. The molecule has 0 bridgehead atoms. The lowest BCUT2D eigenvalue weighted by Crippen LogP contribution is -2.28. The number of nitrogens with zero attached hydrogens (tertiary/aromatic N) is 2. The summed E-state index contributed by atoms with van der Waals surface area (Å²) in [5.74, 6) is 7.35. The van der Waals surface area contributed by atoms with Gasteiger partial charge in [0.1, 0.15) is 17.5 Å². The summed E-state index contributed by atoms with van der Waals surface area (Å²) in [5.41, 5.74) is 4.55. The van der Waals surface area contributed by atoms with E-state index in [1.807, 2.05) is 37.3 Å². The van der Waals surface area contributed by atoms with E-state index in [1.165, 1.54) is 0 Å². The lowest BCUT2D eigenvalue weighted by Gasteiger charge is -2.19. The molecule has 0 saturated carbocycles. The van der Waals surface area contributed by atoms with Gasteiger partial charge in [-0.1, -0.05) is 30.3 Å². The molecule has 2 rings (SSSR count). The normalized spacial score (nSPS) is 12.0. The molecule has 1 unspecified atom stereocenters. The first kappa shape index (κ1) is 15.2. The Morgan fingerprint density at radius 2 is 1.81 bits per heavy atom. The maximum atomic E-state index is 9.59. The van der Waals surface area contributed by atoms with Crippen LogP contribution in [0.5, 0.6) is 0 Å². The summed E-state index contributed by atoms with van der Waals surface area (Å²) in [5, 5.41) is 12.9. The van der Waals surface area contributed by atoms with E-state index in [0.29, 0.717) is 23.9 Å². The molecular weight excluding hydrogens is 266 g/mol. The van der Waals surface area contributed by atoms with Crippen LogP contribution in [-0.2, 0) is 6.42 Å². The van der Waals surface area contributed by atoms with Crippen LogP contribution in [0, 0.1) is 13.8 Å². The second kappa shape index (κ2) is 7.01. The second-order valence-corrected chi connectivity index (χ2v) is 4.95. The Morgan fingerprint density at radius 3 is 2.43 bits per heavy atom. The molecule has 1 aromatic carbocycles. The molecule has 1 heterocycles. The van der Waals surface area contributed by atoms with Crippen molar-refractivity contribution in [2.45, 2.75) is 26.3 Å². The monoisotopic (exact) mass is 287 g/mol. The molecule has 6 nitrogen and oxygen atoms in total. The quantitative estimate of drug-likeness (QED) is 0.474. The summed E-state index contributed by atoms with van der Waals surface area (Å²) in [7, 11) is 0. The van der Waals surface area contributed by atoms with Crippen LogP contribution in [0.15, 0.2) is 30.3 Å². The zero-order valence-corrected chi connectivity index (χ0v) is 12.3. The predicted octanol–water partition coefficient (Wildman–Crippen LogP) is 1.39. The van der Waals surface area contributed by atoms with Gasteiger partial charge in [0, 0.05) is 5.56 Å². The SMILES string of the molecule is Cc1nc(NN)c(C)c(NC(CO)Cc2ccccc2)n1. The Balaban J connectivity index is 2.17. The van der Waals surface area contributed by atoms with Gasteiger partial charge in [0.15, 0.2) is 0 Å². The lowest BCUT2D eigenvalue weighted by atomic mass is 10.1. The van der Waals surface area contributed by atoms with Crippen LogP contribution in [-0.4, -0.2) is 27.7 Å².